The fourth-order valence-corrected chi connectivity index (χ4v) is 1.31. The van der Waals surface area contributed by atoms with Crippen LogP contribution >= 0.6 is 0 Å². The molecule has 2 unspecified atom stereocenters. The van der Waals surface area contributed by atoms with Gasteiger partial charge in [-0.2, -0.15) is 0 Å². The molecule has 0 radical (unpaired) electrons. The molecule has 0 fully saturated rings. The van der Waals surface area contributed by atoms with Crippen LogP contribution in [0.4, 0.5) is 0 Å². The molecule has 0 spiro atoms. The van der Waals surface area contributed by atoms with Gasteiger partial charge in [0.15, 0.2) is 5.60 Å². The molecule has 0 rings (SSSR count). The second kappa shape index (κ2) is 4.58. The van der Waals surface area contributed by atoms with E-state index >= 15 is 0 Å². The Morgan fingerprint density at radius 2 is 1.92 bits per heavy atom. The average molecular weight is 190 g/mol. The maximum atomic E-state index is 10.7. The highest BCUT2D eigenvalue weighted by Gasteiger charge is 2.43. The highest BCUT2D eigenvalue weighted by Crippen LogP contribution is 2.23. The Kier molecular flexibility index (Phi) is 4.36. The number of carboxylic acids is 1. The van der Waals surface area contributed by atoms with Gasteiger partial charge in [-0.05, 0) is 12.3 Å². The minimum Gasteiger partial charge on any atom is -0.479 e. The minimum absolute atomic E-state index is 0.0711. The topological polar surface area (TPSA) is 77.8 Å². The number of rotatable bonds is 5. The van der Waals surface area contributed by atoms with E-state index in [0.717, 1.165) is 0 Å². The van der Waals surface area contributed by atoms with Crippen LogP contribution in [-0.2, 0) is 4.79 Å². The molecule has 0 saturated heterocycles. The summed E-state index contributed by atoms with van der Waals surface area (Å²) in [6.07, 6.45) is -0.626. The molecule has 0 amide bonds. The highest BCUT2D eigenvalue weighted by molar-refractivity contribution is 5.78. The van der Waals surface area contributed by atoms with Gasteiger partial charge in [0.1, 0.15) is 0 Å². The molecule has 0 aromatic rings. The Morgan fingerprint density at radius 1 is 1.46 bits per heavy atom. The lowest BCUT2D eigenvalue weighted by atomic mass is 9.85. The van der Waals surface area contributed by atoms with Gasteiger partial charge in [0.2, 0.25) is 0 Å². The molecule has 4 heteroatoms. The smallest absolute Gasteiger partial charge is 0.338 e. The van der Waals surface area contributed by atoms with E-state index in [4.69, 9.17) is 5.11 Å². The molecule has 0 aromatic heterocycles. The van der Waals surface area contributed by atoms with Crippen LogP contribution in [0.25, 0.3) is 0 Å². The van der Waals surface area contributed by atoms with E-state index in [2.05, 4.69) is 0 Å². The third-order valence-electron chi connectivity index (χ3n) is 2.12. The van der Waals surface area contributed by atoms with E-state index in [1.54, 1.807) is 20.8 Å². The first-order valence-corrected chi connectivity index (χ1v) is 4.50. The molecule has 2 atom stereocenters. The fourth-order valence-electron chi connectivity index (χ4n) is 1.31. The van der Waals surface area contributed by atoms with Crippen molar-refractivity contribution in [3.05, 3.63) is 0 Å². The average Bonchev–Trinajstić information content (AvgIpc) is 2.02. The number of carbonyl (C=O) groups is 1. The number of aliphatic hydroxyl groups is 2. The largest absolute Gasteiger partial charge is 0.479 e. The number of aliphatic hydroxyl groups excluding tert-OH is 1. The second-order valence-corrected chi connectivity index (χ2v) is 3.67. The van der Waals surface area contributed by atoms with Crippen LogP contribution in [0.1, 0.15) is 33.6 Å². The Balaban J connectivity index is 4.67. The van der Waals surface area contributed by atoms with Crippen molar-refractivity contribution in [2.45, 2.75) is 45.3 Å². The number of aliphatic carboxylic acids is 1. The molecule has 0 aliphatic rings. The van der Waals surface area contributed by atoms with Crippen molar-refractivity contribution in [3.8, 4) is 0 Å². The first kappa shape index (κ1) is 12.4. The molecular formula is C9H18O4. The van der Waals surface area contributed by atoms with Crippen LogP contribution in [0.15, 0.2) is 0 Å². The van der Waals surface area contributed by atoms with Gasteiger partial charge in [0.05, 0.1) is 6.10 Å². The van der Waals surface area contributed by atoms with Crippen LogP contribution in [0.3, 0.4) is 0 Å². The van der Waals surface area contributed by atoms with Crippen molar-refractivity contribution < 1.29 is 20.1 Å². The molecule has 13 heavy (non-hydrogen) atoms. The van der Waals surface area contributed by atoms with Crippen molar-refractivity contribution in [2.75, 3.05) is 0 Å². The predicted octanol–water partition coefficient (Wildman–Crippen LogP) is 0.619. The maximum Gasteiger partial charge on any atom is 0.338 e. The van der Waals surface area contributed by atoms with Gasteiger partial charge in [-0.15, -0.1) is 0 Å². The minimum atomic E-state index is -2.00. The van der Waals surface area contributed by atoms with Crippen molar-refractivity contribution in [2.24, 2.45) is 5.92 Å². The third kappa shape index (κ3) is 2.67. The molecule has 0 heterocycles. The van der Waals surface area contributed by atoms with Crippen molar-refractivity contribution in [1.82, 2.24) is 0 Å². The van der Waals surface area contributed by atoms with Crippen LogP contribution in [0.5, 0.6) is 0 Å². The molecule has 4 nitrogen and oxygen atoms in total. The van der Waals surface area contributed by atoms with Gasteiger partial charge in [0, 0.05) is 0 Å². The first-order valence-electron chi connectivity index (χ1n) is 4.50. The SMILES string of the molecule is CCCC(O)(C(=O)O)C(O)C(C)C. The van der Waals surface area contributed by atoms with E-state index in [9.17, 15) is 15.0 Å². The van der Waals surface area contributed by atoms with E-state index in [-0.39, 0.29) is 12.3 Å². The lowest BCUT2D eigenvalue weighted by Gasteiger charge is -2.30. The Morgan fingerprint density at radius 3 is 2.15 bits per heavy atom. The summed E-state index contributed by atoms with van der Waals surface area (Å²) in [6, 6.07) is 0. The van der Waals surface area contributed by atoms with Gasteiger partial charge in [0.25, 0.3) is 0 Å². The highest BCUT2D eigenvalue weighted by atomic mass is 16.4. The summed E-state index contributed by atoms with van der Waals surface area (Å²) in [6.45, 7) is 5.11. The molecule has 0 bridgehead atoms. The Labute approximate surface area is 78.2 Å². The standard InChI is InChI=1S/C9H18O4/c1-4-5-9(13,8(11)12)7(10)6(2)3/h6-7,10,13H,4-5H2,1-3H3,(H,11,12). The van der Waals surface area contributed by atoms with Crippen LogP contribution in [-0.4, -0.2) is 33.0 Å². The molecule has 3 N–H and O–H groups in total. The summed E-state index contributed by atoms with van der Waals surface area (Å²) in [7, 11) is 0. The summed E-state index contributed by atoms with van der Waals surface area (Å²) in [5.74, 6) is -1.62. The zero-order chi connectivity index (χ0) is 10.6. The fraction of sp³-hybridized carbons (Fsp3) is 0.889. The zero-order valence-electron chi connectivity index (χ0n) is 8.32. The third-order valence-corrected chi connectivity index (χ3v) is 2.12. The van der Waals surface area contributed by atoms with E-state index in [1.165, 1.54) is 0 Å². The molecule has 0 saturated carbocycles. The predicted molar refractivity (Wildman–Crippen MR) is 48.3 cm³/mol. The molecule has 0 aliphatic carbocycles. The summed E-state index contributed by atoms with van der Waals surface area (Å²) in [4.78, 5) is 10.7. The van der Waals surface area contributed by atoms with Gasteiger partial charge in [-0.1, -0.05) is 27.2 Å². The zero-order valence-corrected chi connectivity index (χ0v) is 8.32. The van der Waals surface area contributed by atoms with Gasteiger partial charge in [-0.25, -0.2) is 4.79 Å². The summed E-state index contributed by atoms with van der Waals surface area (Å²) < 4.78 is 0. The van der Waals surface area contributed by atoms with Gasteiger partial charge < -0.3 is 15.3 Å². The van der Waals surface area contributed by atoms with Gasteiger partial charge in [-0.3, -0.25) is 0 Å². The quantitative estimate of drug-likeness (QED) is 0.594. The Bertz CT molecular complexity index is 178. The normalized spacial score (nSPS) is 18.3. The van der Waals surface area contributed by atoms with Gasteiger partial charge >= 0.3 is 5.97 Å². The van der Waals surface area contributed by atoms with Crippen LogP contribution in [0, 0.1) is 5.92 Å². The molecule has 0 aliphatic heterocycles. The lowest BCUT2D eigenvalue weighted by molar-refractivity contribution is -0.176. The Hall–Kier alpha value is -0.610. The van der Waals surface area contributed by atoms with Crippen LogP contribution in [0.2, 0.25) is 0 Å². The van der Waals surface area contributed by atoms with Crippen molar-refractivity contribution >= 4 is 5.97 Å². The van der Waals surface area contributed by atoms with Crippen molar-refractivity contribution in [1.29, 1.82) is 0 Å². The molecule has 0 aromatic carbocycles. The van der Waals surface area contributed by atoms with E-state index < -0.39 is 17.7 Å². The maximum absolute atomic E-state index is 10.7. The number of hydrogen-bond acceptors (Lipinski definition) is 3. The second-order valence-electron chi connectivity index (χ2n) is 3.67. The summed E-state index contributed by atoms with van der Waals surface area (Å²) >= 11 is 0. The van der Waals surface area contributed by atoms with E-state index in [0.29, 0.717) is 6.42 Å². The summed E-state index contributed by atoms with van der Waals surface area (Å²) in [5, 5.41) is 28.0. The molecular weight excluding hydrogens is 172 g/mol. The van der Waals surface area contributed by atoms with E-state index in [1.807, 2.05) is 0 Å². The van der Waals surface area contributed by atoms with Crippen molar-refractivity contribution in [3.63, 3.8) is 0 Å². The molecule has 78 valence electrons. The monoisotopic (exact) mass is 190 g/mol. The van der Waals surface area contributed by atoms with Crippen LogP contribution < -0.4 is 0 Å². The number of hydrogen-bond donors (Lipinski definition) is 3. The number of carboxylic acid groups (broad SMARTS) is 1. The first-order chi connectivity index (χ1) is 5.86. The summed E-state index contributed by atoms with van der Waals surface area (Å²) in [5.41, 5.74) is -2.00. The lowest BCUT2D eigenvalue weighted by Crippen LogP contribution is -2.51.